The average molecular weight is 495 g/mol. The van der Waals surface area contributed by atoms with Crippen LogP contribution in [0, 0.1) is 19.8 Å². The Morgan fingerprint density at radius 1 is 1.18 bits per heavy atom. The van der Waals surface area contributed by atoms with Gasteiger partial charge in [0.1, 0.15) is 22.4 Å². The van der Waals surface area contributed by atoms with Gasteiger partial charge >= 0.3 is 0 Å². The molecule has 0 radical (unpaired) electrons. The highest BCUT2D eigenvalue weighted by molar-refractivity contribution is 7.21. The van der Waals surface area contributed by atoms with Gasteiger partial charge in [-0.2, -0.15) is 4.98 Å². The van der Waals surface area contributed by atoms with Gasteiger partial charge in [0.25, 0.3) is 0 Å². The van der Waals surface area contributed by atoms with Crippen LogP contribution in [0.15, 0.2) is 12.3 Å². The SMILES string of the molecule is CCOCCNc1nc(C)c(-c2nc3c(C)nccc3s2)c(N[C@@H]2C[C@H](C(F)F)[C@@H](O)[C@H]2O)n1. The van der Waals surface area contributed by atoms with Gasteiger partial charge in [0.2, 0.25) is 12.4 Å². The van der Waals surface area contributed by atoms with Gasteiger partial charge in [-0.25, -0.2) is 18.7 Å². The minimum atomic E-state index is -2.74. The number of aromatic nitrogens is 4. The topological polar surface area (TPSA) is 125 Å². The Bertz CT molecular complexity index is 1150. The number of anilines is 2. The number of aliphatic hydroxyl groups excluding tert-OH is 2. The third-order valence-electron chi connectivity index (χ3n) is 5.90. The van der Waals surface area contributed by atoms with Crippen molar-refractivity contribution < 1.29 is 23.7 Å². The molecule has 0 aromatic carbocycles. The second-order valence-corrected chi connectivity index (χ2v) is 9.24. The maximum Gasteiger partial charge on any atom is 0.244 e. The van der Waals surface area contributed by atoms with Gasteiger partial charge in [0, 0.05) is 19.3 Å². The molecule has 4 rings (SSSR count). The minimum Gasteiger partial charge on any atom is -0.390 e. The summed E-state index contributed by atoms with van der Waals surface area (Å²) >= 11 is 1.44. The molecule has 0 saturated heterocycles. The molecular weight excluding hydrogens is 466 g/mol. The maximum atomic E-state index is 13.3. The third-order valence-corrected chi connectivity index (χ3v) is 6.94. The number of aliphatic hydroxyl groups is 2. The van der Waals surface area contributed by atoms with Gasteiger partial charge in [-0.1, -0.05) is 0 Å². The van der Waals surface area contributed by atoms with E-state index in [9.17, 15) is 19.0 Å². The van der Waals surface area contributed by atoms with Crippen molar-refractivity contribution in [2.45, 2.75) is 51.9 Å². The summed E-state index contributed by atoms with van der Waals surface area (Å²) in [6.45, 7) is 7.13. The van der Waals surface area contributed by atoms with Gasteiger partial charge in [0.05, 0.1) is 46.3 Å². The Labute approximate surface area is 199 Å². The Kier molecular flexibility index (Phi) is 7.51. The molecule has 34 heavy (non-hydrogen) atoms. The molecule has 0 aliphatic heterocycles. The first-order valence-electron chi connectivity index (χ1n) is 11.1. The zero-order valence-electron chi connectivity index (χ0n) is 19.1. The number of rotatable bonds is 9. The van der Waals surface area contributed by atoms with E-state index < -0.39 is 30.6 Å². The van der Waals surface area contributed by atoms with Crippen molar-refractivity contribution in [3.05, 3.63) is 23.7 Å². The van der Waals surface area contributed by atoms with E-state index >= 15 is 0 Å². The summed E-state index contributed by atoms with van der Waals surface area (Å²) < 4.78 is 33.0. The number of ether oxygens (including phenoxy) is 1. The molecule has 0 spiro atoms. The minimum absolute atomic E-state index is 0.0987. The maximum absolute atomic E-state index is 13.3. The molecule has 184 valence electrons. The molecule has 0 bridgehead atoms. The van der Waals surface area contributed by atoms with E-state index in [0.717, 1.165) is 15.9 Å². The Balaban J connectivity index is 1.72. The third kappa shape index (κ3) is 4.95. The highest BCUT2D eigenvalue weighted by Gasteiger charge is 2.46. The molecule has 1 aliphatic carbocycles. The lowest BCUT2D eigenvalue weighted by Crippen LogP contribution is -2.36. The van der Waals surface area contributed by atoms with Crippen LogP contribution in [0.25, 0.3) is 20.8 Å². The number of halogens is 2. The van der Waals surface area contributed by atoms with Crippen LogP contribution in [0.5, 0.6) is 0 Å². The van der Waals surface area contributed by atoms with E-state index in [1.165, 1.54) is 11.3 Å². The molecule has 3 aromatic heterocycles. The van der Waals surface area contributed by atoms with E-state index in [0.29, 0.717) is 47.8 Å². The molecule has 4 N–H and O–H groups in total. The molecule has 1 fully saturated rings. The number of hydrogen-bond donors (Lipinski definition) is 4. The second kappa shape index (κ2) is 10.4. The lowest BCUT2D eigenvalue weighted by atomic mass is 10.1. The fourth-order valence-electron chi connectivity index (χ4n) is 4.12. The molecule has 3 aromatic rings. The van der Waals surface area contributed by atoms with E-state index in [1.54, 1.807) is 6.20 Å². The smallest absolute Gasteiger partial charge is 0.244 e. The lowest BCUT2D eigenvalue weighted by Gasteiger charge is -2.21. The van der Waals surface area contributed by atoms with Crippen LogP contribution in [0.1, 0.15) is 24.7 Å². The monoisotopic (exact) mass is 494 g/mol. The van der Waals surface area contributed by atoms with Crippen LogP contribution >= 0.6 is 11.3 Å². The number of nitrogens with zero attached hydrogens (tertiary/aromatic N) is 4. The first-order valence-corrected chi connectivity index (χ1v) is 11.9. The van der Waals surface area contributed by atoms with Crippen LogP contribution < -0.4 is 10.6 Å². The van der Waals surface area contributed by atoms with E-state index in [2.05, 4.69) is 25.6 Å². The zero-order valence-corrected chi connectivity index (χ0v) is 19.9. The largest absolute Gasteiger partial charge is 0.390 e. The quantitative estimate of drug-likeness (QED) is 0.332. The molecule has 1 aliphatic rings. The molecule has 9 nitrogen and oxygen atoms in total. The van der Waals surface area contributed by atoms with Gasteiger partial charge < -0.3 is 25.6 Å². The van der Waals surface area contributed by atoms with Crippen molar-refractivity contribution in [1.29, 1.82) is 0 Å². The van der Waals surface area contributed by atoms with Crippen LogP contribution in [0.4, 0.5) is 20.5 Å². The van der Waals surface area contributed by atoms with Gasteiger partial charge in [-0.15, -0.1) is 11.3 Å². The molecule has 1 saturated carbocycles. The molecule has 0 amide bonds. The first-order chi connectivity index (χ1) is 16.3. The number of hydrogen-bond acceptors (Lipinski definition) is 10. The second-order valence-electron chi connectivity index (χ2n) is 8.21. The number of nitrogens with one attached hydrogen (secondary N) is 2. The van der Waals surface area contributed by atoms with Gasteiger partial charge in [-0.05, 0) is 33.3 Å². The Morgan fingerprint density at radius 2 is 1.97 bits per heavy atom. The molecular formula is C22H28F2N6O3S. The predicted octanol–water partition coefficient (Wildman–Crippen LogP) is 3.00. The lowest BCUT2D eigenvalue weighted by molar-refractivity contribution is -0.0333. The number of pyridine rings is 1. The highest BCUT2D eigenvalue weighted by atomic mass is 32.1. The van der Waals surface area contributed by atoms with Crippen LogP contribution in [-0.4, -0.2) is 74.6 Å². The van der Waals surface area contributed by atoms with Crippen molar-refractivity contribution in [3.8, 4) is 10.6 Å². The van der Waals surface area contributed by atoms with Crippen molar-refractivity contribution in [2.75, 3.05) is 30.4 Å². The summed E-state index contributed by atoms with van der Waals surface area (Å²) in [4.78, 5) is 18.2. The highest BCUT2D eigenvalue weighted by Crippen LogP contribution is 2.39. The number of aryl methyl sites for hydroxylation is 2. The Hall–Kier alpha value is -2.54. The number of fused-ring (bicyclic) bond motifs is 1. The first kappa shape index (κ1) is 24.6. The fraction of sp³-hybridized carbons (Fsp3) is 0.545. The average Bonchev–Trinajstić information content (AvgIpc) is 3.34. The number of alkyl halides is 2. The standard InChI is InChI=1S/C22H28F2N6O3S/c1-4-33-8-7-26-22-27-10(2)15(21-29-16-11(3)25-6-5-14(16)34-21)20(30-22)28-13-9-12(19(23)24)17(31)18(13)32/h5-6,12-13,17-19,31-32H,4,7-9H2,1-3H3,(H2,26,27,28,30)/t12-,13+,17+,18-/m0/s1. The normalized spacial score (nSPS) is 22.6. The van der Waals surface area contributed by atoms with Crippen molar-refractivity contribution >= 4 is 33.3 Å². The fourth-order valence-corrected chi connectivity index (χ4v) is 5.23. The molecule has 12 heteroatoms. The van der Waals surface area contributed by atoms with Crippen molar-refractivity contribution in [3.63, 3.8) is 0 Å². The van der Waals surface area contributed by atoms with E-state index in [1.807, 2.05) is 26.8 Å². The summed E-state index contributed by atoms with van der Waals surface area (Å²) in [5, 5.41) is 27.4. The van der Waals surface area contributed by atoms with E-state index in [-0.39, 0.29) is 6.42 Å². The predicted molar refractivity (Wildman–Crippen MR) is 126 cm³/mol. The summed E-state index contributed by atoms with van der Waals surface area (Å²) in [5.74, 6) is -0.637. The van der Waals surface area contributed by atoms with Crippen LogP contribution in [0.3, 0.4) is 0 Å². The van der Waals surface area contributed by atoms with Gasteiger partial charge in [-0.3, -0.25) is 4.98 Å². The molecule has 0 unspecified atom stereocenters. The summed E-state index contributed by atoms with van der Waals surface area (Å²) in [6, 6.07) is 1.07. The zero-order chi connectivity index (χ0) is 24.4. The summed E-state index contributed by atoms with van der Waals surface area (Å²) in [7, 11) is 0. The van der Waals surface area contributed by atoms with Crippen LogP contribution in [-0.2, 0) is 4.74 Å². The van der Waals surface area contributed by atoms with Crippen molar-refractivity contribution in [1.82, 2.24) is 19.9 Å². The summed E-state index contributed by atoms with van der Waals surface area (Å²) in [6.07, 6.45) is -4.01. The molecule has 4 atom stereocenters. The van der Waals surface area contributed by atoms with Gasteiger partial charge in [0.15, 0.2) is 0 Å². The van der Waals surface area contributed by atoms with Crippen LogP contribution in [0.2, 0.25) is 0 Å². The Morgan fingerprint density at radius 3 is 2.65 bits per heavy atom. The summed E-state index contributed by atoms with van der Waals surface area (Å²) in [5.41, 5.74) is 2.79. The number of thiazole rings is 1. The van der Waals surface area contributed by atoms with Crippen molar-refractivity contribution in [2.24, 2.45) is 5.92 Å². The van der Waals surface area contributed by atoms with E-state index in [4.69, 9.17) is 9.72 Å². The molecule has 3 heterocycles.